The zero-order valence-corrected chi connectivity index (χ0v) is 8.65. The van der Waals surface area contributed by atoms with E-state index in [0.717, 1.165) is 11.3 Å². The summed E-state index contributed by atoms with van der Waals surface area (Å²) in [5, 5.41) is 0. The third-order valence-corrected chi connectivity index (χ3v) is 2.15. The van der Waals surface area contributed by atoms with Gasteiger partial charge < -0.3 is 9.40 Å². The summed E-state index contributed by atoms with van der Waals surface area (Å²) in [5.41, 5.74) is 1.44. The third-order valence-electron chi connectivity index (χ3n) is 2.15. The molecule has 2 heterocycles. The lowest BCUT2D eigenvalue weighted by Crippen LogP contribution is -2.10. The lowest BCUT2D eigenvalue weighted by Gasteiger charge is -2.04. The fourth-order valence-corrected chi connectivity index (χ4v) is 1.31. The van der Waals surface area contributed by atoms with Crippen molar-refractivity contribution >= 4 is 0 Å². The minimum atomic E-state index is -0.134. The summed E-state index contributed by atoms with van der Waals surface area (Å²) in [6.07, 6.45) is 3.11. The highest BCUT2D eigenvalue weighted by molar-refractivity contribution is 5.52. The average molecular weight is 204 g/mol. The minimum absolute atomic E-state index is 0.134. The minimum Gasteiger partial charge on any atom is -0.472 e. The van der Waals surface area contributed by atoms with Gasteiger partial charge in [-0.2, -0.15) is 0 Å². The Kier molecular flexibility index (Phi) is 2.41. The molecule has 0 unspecified atom stereocenters. The van der Waals surface area contributed by atoms with Crippen molar-refractivity contribution < 1.29 is 4.42 Å². The first kappa shape index (κ1) is 9.71. The Labute approximate surface area is 87.0 Å². The number of nitrogens with zero attached hydrogens (tertiary/aromatic N) is 1. The Hall–Kier alpha value is -1.84. The van der Waals surface area contributed by atoms with Crippen LogP contribution in [0.4, 0.5) is 0 Å². The number of hydrogen-bond acceptors (Lipinski definition) is 3. The third kappa shape index (κ3) is 1.98. The van der Waals surface area contributed by atoms with Crippen LogP contribution in [0.1, 0.15) is 25.5 Å². The van der Waals surface area contributed by atoms with Gasteiger partial charge in [-0.1, -0.05) is 13.8 Å². The highest BCUT2D eigenvalue weighted by Crippen LogP contribution is 2.16. The molecule has 0 amide bonds. The molecule has 0 atom stereocenters. The van der Waals surface area contributed by atoms with Crippen molar-refractivity contribution in [3.05, 3.63) is 40.7 Å². The van der Waals surface area contributed by atoms with Crippen molar-refractivity contribution in [1.29, 1.82) is 0 Å². The van der Waals surface area contributed by atoms with E-state index in [9.17, 15) is 4.79 Å². The van der Waals surface area contributed by atoms with Crippen molar-refractivity contribution in [3.8, 4) is 11.4 Å². The van der Waals surface area contributed by atoms with Gasteiger partial charge in [0.25, 0.3) is 5.56 Å². The Balaban J connectivity index is 2.54. The fraction of sp³-hybridized carbons (Fsp3) is 0.273. The van der Waals surface area contributed by atoms with E-state index in [-0.39, 0.29) is 11.5 Å². The second-order valence-electron chi connectivity index (χ2n) is 3.69. The molecule has 0 spiro atoms. The molecule has 1 N–H and O–H groups in total. The zero-order valence-electron chi connectivity index (χ0n) is 8.65. The maximum atomic E-state index is 11.4. The van der Waals surface area contributed by atoms with Crippen LogP contribution in [0.2, 0.25) is 0 Å². The molecule has 0 saturated heterocycles. The maximum absolute atomic E-state index is 11.4. The SMILES string of the molecule is CC(C)c1cc(=O)[nH]c(-c2ccoc2)n1. The molecule has 0 bridgehead atoms. The van der Waals surface area contributed by atoms with Gasteiger partial charge in [-0.25, -0.2) is 4.98 Å². The molecule has 78 valence electrons. The number of hydrogen-bond donors (Lipinski definition) is 1. The van der Waals surface area contributed by atoms with Gasteiger partial charge in [0.15, 0.2) is 0 Å². The van der Waals surface area contributed by atoms with Crippen LogP contribution in [0.5, 0.6) is 0 Å². The highest BCUT2D eigenvalue weighted by atomic mass is 16.3. The molecule has 4 nitrogen and oxygen atoms in total. The number of aromatic amines is 1. The number of rotatable bonds is 2. The van der Waals surface area contributed by atoms with E-state index in [0.29, 0.717) is 5.82 Å². The average Bonchev–Trinajstić information content (AvgIpc) is 2.69. The van der Waals surface area contributed by atoms with E-state index in [1.54, 1.807) is 18.6 Å². The second kappa shape index (κ2) is 3.73. The molecule has 0 aliphatic carbocycles. The molecule has 0 fully saturated rings. The Bertz CT molecular complexity index is 498. The van der Waals surface area contributed by atoms with E-state index < -0.39 is 0 Å². The lowest BCUT2D eigenvalue weighted by atomic mass is 10.1. The van der Waals surface area contributed by atoms with E-state index in [1.807, 2.05) is 13.8 Å². The van der Waals surface area contributed by atoms with Crippen LogP contribution in [0.3, 0.4) is 0 Å². The van der Waals surface area contributed by atoms with Crippen LogP contribution in [0, 0.1) is 0 Å². The van der Waals surface area contributed by atoms with Gasteiger partial charge in [-0.3, -0.25) is 4.79 Å². The number of furan rings is 1. The number of nitrogens with one attached hydrogen (secondary N) is 1. The quantitative estimate of drug-likeness (QED) is 0.815. The van der Waals surface area contributed by atoms with Gasteiger partial charge in [0, 0.05) is 6.07 Å². The van der Waals surface area contributed by atoms with Gasteiger partial charge in [0.2, 0.25) is 0 Å². The lowest BCUT2D eigenvalue weighted by molar-refractivity contribution is 0.568. The van der Waals surface area contributed by atoms with E-state index in [4.69, 9.17) is 4.42 Å². The molecule has 0 aliphatic rings. The summed E-state index contributed by atoms with van der Waals surface area (Å²) < 4.78 is 4.95. The number of H-pyrrole nitrogens is 1. The van der Waals surface area contributed by atoms with Crippen LogP contribution >= 0.6 is 0 Å². The van der Waals surface area contributed by atoms with Crippen molar-refractivity contribution in [1.82, 2.24) is 9.97 Å². The zero-order chi connectivity index (χ0) is 10.8. The van der Waals surface area contributed by atoms with Crippen molar-refractivity contribution in [2.75, 3.05) is 0 Å². The summed E-state index contributed by atoms with van der Waals surface area (Å²) in [6.45, 7) is 4.00. The molecule has 15 heavy (non-hydrogen) atoms. The van der Waals surface area contributed by atoms with Crippen molar-refractivity contribution in [2.45, 2.75) is 19.8 Å². The highest BCUT2D eigenvalue weighted by Gasteiger charge is 2.07. The Morgan fingerprint density at radius 3 is 2.87 bits per heavy atom. The molecule has 0 saturated carbocycles. The maximum Gasteiger partial charge on any atom is 0.251 e. The number of aromatic nitrogens is 2. The van der Waals surface area contributed by atoms with Crippen LogP contribution in [0.15, 0.2) is 33.9 Å². The van der Waals surface area contributed by atoms with Crippen LogP contribution in [-0.2, 0) is 0 Å². The van der Waals surface area contributed by atoms with Crippen LogP contribution in [-0.4, -0.2) is 9.97 Å². The van der Waals surface area contributed by atoms with E-state index in [1.165, 1.54) is 6.07 Å². The predicted octanol–water partition coefficient (Wildman–Crippen LogP) is 2.15. The topological polar surface area (TPSA) is 58.9 Å². The molecule has 2 aromatic heterocycles. The Morgan fingerprint density at radius 2 is 2.27 bits per heavy atom. The summed E-state index contributed by atoms with van der Waals surface area (Å²) in [5.74, 6) is 0.790. The first-order valence-electron chi connectivity index (χ1n) is 4.80. The first-order valence-corrected chi connectivity index (χ1v) is 4.80. The molecule has 0 aliphatic heterocycles. The van der Waals surface area contributed by atoms with Gasteiger partial charge in [0.1, 0.15) is 12.1 Å². The largest absolute Gasteiger partial charge is 0.472 e. The van der Waals surface area contributed by atoms with Gasteiger partial charge in [-0.05, 0) is 12.0 Å². The van der Waals surface area contributed by atoms with Crippen LogP contribution < -0.4 is 5.56 Å². The summed E-state index contributed by atoms with van der Waals surface area (Å²) >= 11 is 0. The summed E-state index contributed by atoms with van der Waals surface area (Å²) in [7, 11) is 0. The predicted molar refractivity (Wildman–Crippen MR) is 56.6 cm³/mol. The Morgan fingerprint density at radius 1 is 1.47 bits per heavy atom. The summed E-state index contributed by atoms with van der Waals surface area (Å²) in [4.78, 5) is 18.4. The fourth-order valence-electron chi connectivity index (χ4n) is 1.31. The van der Waals surface area contributed by atoms with E-state index in [2.05, 4.69) is 9.97 Å². The molecule has 2 rings (SSSR count). The van der Waals surface area contributed by atoms with Crippen LogP contribution in [0.25, 0.3) is 11.4 Å². The van der Waals surface area contributed by atoms with Gasteiger partial charge in [-0.15, -0.1) is 0 Å². The second-order valence-corrected chi connectivity index (χ2v) is 3.69. The first-order chi connectivity index (χ1) is 7.16. The van der Waals surface area contributed by atoms with Gasteiger partial charge in [0.05, 0.1) is 17.5 Å². The normalized spacial score (nSPS) is 10.9. The van der Waals surface area contributed by atoms with Crippen molar-refractivity contribution in [3.63, 3.8) is 0 Å². The molecule has 0 radical (unpaired) electrons. The standard InChI is InChI=1S/C11H12N2O2/c1-7(2)9-5-10(14)13-11(12-9)8-3-4-15-6-8/h3-7H,1-2H3,(H,12,13,14). The molecular formula is C11H12N2O2. The van der Waals surface area contributed by atoms with Crippen molar-refractivity contribution in [2.24, 2.45) is 0 Å². The molecule has 4 heteroatoms. The molecule has 2 aromatic rings. The molecule has 0 aromatic carbocycles. The monoisotopic (exact) mass is 204 g/mol. The van der Waals surface area contributed by atoms with E-state index >= 15 is 0 Å². The smallest absolute Gasteiger partial charge is 0.251 e. The molecular weight excluding hydrogens is 192 g/mol. The van der Waals surface area contributed by atoms with Gasteiger partial charge >= 0.3 is 0 Å². The summed E-state index contributed by atoms with van der Waals surface area (Å²) in [6, 6.07) is 3.29.